The Morgan fingerprint density at radius 1 is 0.520 bits per heavy atom. The van der Waals surface area contributed by atoms with Crippen molar-refractivity contribution in [1.82, 2.24) is 0 Å². The van der Waals surface area contributed by atoms with Crippen LogP contribution in [0.25, 0.3) is 0 Å². The van der Waals surface area contributed by atoms with Crippen molar-refractivity contribution < 1.29 is 119 Å². The molecule has 0 amide bonds. The van der Waals surface area contributed by atoms with Crippen molar-refractivity contribution in [2.24, 2.45) is 46.3 Å². The SMILES string of the molecule is CC1C2C(CC3C4CC=C5C[C@@H](O[C@@H]6O[C@H](CO)C(O)[C@H](O[C@@H]7O[C@H](CO)[C@H](O)[C@H](O)C7O)C6O[C@@H]6O[C@H](CO)[C@H](O)[C@H](O)C6O)CC[C@]5(C)C4CC[C@@]32C)OC12CC[C@@H](C)C(O[C@@H]1O[C@H](CO)C(O)[C@H](O)C1O)O2. The summed E-state index contributed by atoms with van der Waals surface area (Å²) >= 11 is 0. The second-order valence-corrected chi connectivity index (χ2v) is 24.0. The van der Waals surface area contributed by atoms with Crippen molar-refractivity contribution >= 4 is 0 Å². The molecule has 0 bridgehead atoms. The minimum atomic E-state index is -1.91. The van der Waals surface area contributed by atoms with E-state index in [2.05, 4.69) is 26.8 Å². The van der Waals surface area contributed by atoms with E-state index in [0.29, 0.717) is 43.4 Å². The molecule has 24 nitrogen and oxygen atoms in total. The van der Waals surface area contributed by atoms with Crippen molar-refractivity contribution in [1.29, 1.82) is 0 Å². The molecule has 6 saturated heterocycles. The molecule has 0 radical (unpaired) electrons. The lowest BCUT2D eigenvalue weighted by atomic mass is 9.47. The smallest absolute Gasteiger partial charge is 0.189 e. The Morgan fingerprint density at radius 3 is 1.60 bits per heavy atom. The standard InChI is InChI=1S/C51H82O24/c1-19-7-12-51(75-44(19)73-47-41(65)38(62)34(58)29(17-54)69-47)20(2)31-26(74-51)14-25-23-6-5-21-13-22(8-10-49(21,3)24(23)9-11-50(25,31)4)66-48-43(72-46-40(64)37(61)33(57)28(16-53)68-46)42(35(59)30(18-55)70-48)71-45-39(63)36(60)32(56)27(15-52)67-45/h5,19-20,22-48,52-65H,6-18H2,1-4H3/t19-,20?,22+,23?,24?,25?,26?,27-,28-,29-,30-,31?,32+,33+,34?,35?,36+,37+,38+,39?,40?,41?,42+,43?,44?,45+,46+,47+,48-,49+,50+,51?/m1/s1. The van der Waals surface area contributed by atoms with E-state index in [1.807, 2.05) is 6.92 Å². The van der Waals surface area contributed by atoms with Crippen molar-refractivity contribution in [3.05, 3.63) is 11.6 Å². The zero-order chi connectivity index (χ0) is 53.8. The quantitative estimate of drug-likeness (QED) is 0.0838. The van der Waals surface area contributed by atoms with E-state index in [1.165, 1.54) is 5.57 Å². The zero-order valence-electron chi connectivity index (χ0n) is 42.9. The van der Waals surface area contributed by atoms with Gasteiger partial charge < -0.3 is 119 Å². The average molecular weight is 1080 g/mol. The van der Waals surface area contributed by atoms with Crippen LogP contribution in [0, 0.1) is 46.3 Å². The number of hydrogen-bond acceptors (Lipinski definition) is 24. The molecule has 75 heavy (non-hydrogen) atoms. The molecule has 0 aromatic heterocycles. The van der Waals surface area contributed by atoms with Gasteiger partial charge in [0, 0.05) is 18.3 Å². The van der Waals surface area contributed by atoms with Crippen molar-refractivity contribution in [2.75, 3.05) is 26.4 Å². The first kappa shape index (κ1) is 57.0. The fourth-order valence-corrected chi connectivity index (χ4v) is 15.6. The predicted octanol–water partition coefficient (Wildman–Crippen LogP) is -3.67. The number of ether oxygens (including phenoxy) is 10. The second-order valence-electron chi connectivity index (χ2n) is 24.0. The highest BCUT2D eigenvalue weighted by Crippen LogP contribution is 2.71. The molecule has 14 unspecified atom stereocenters. The van der Waals surface area contributed by atoms with Gasteiger partial charge in [0.05, 0.1) is 38.6 Å². The average Bonchev–Trinajstić information content (AvgIpc) is 3.84. The van der Waals surface area contributed by atoms with E-state index in [-0.39, 0.29) is 34.7 Å². The van der Waals surface area contributed by atoms with Crippen molar-refractivity contribution in [3.8, 4) is 0 Å². The number of rotatable bonds is 12. The summed E-state index contributed by atoms with van der Waals surface area (Å²) in [5.74, 6) is 0.202. The highest BCUT2D eigenvalue weighted by molar-refractivity contribution is 5.26. The Balaban J connectivity index is 0.844. The molecular weight excluding hydrogens is 997 g/mol. The minimum Gasteiger partial charge on any atom is -0.394 e. The highest BCUT2D eigenvalue weighted by atomic mass is 16.8. The van der Waals surface area contributed by atoms with Crippen LogP contribution in [0.3, 0.4) is 0 Å². The van der Waals surface area contributed by atoms with Crippen LogP contribution < -0.4 is 0 Å². The van der Waals surface area contributed by atoms with Crippen LogP contribution in [0.2, 0.25) is 0 Å². The number of aliphatic hydroxyl groups is 14. The summed E-state index contributed by atoms with van der Waals surface area (Å²) in [6.07, 6.45) is -24.7. The summed E-state index contributed by atoms with van der Waals surface area (Å²) in [7, 11) is 0. The highest BCUT2D eigenvalue weighted by Gasteiger charge is 2.70. The molecule has 0 aromatic carbocycles. The van der Waals surface area contributed by atoms with Gasteiger partial charge in [-0.15, -0.1) is 0 Å². The first-order valence-electron chi connectivity index (χ1n) is 27.2. The largest absolute Gasteiger partial charge is 0.394 e. The van der Waals surface area contributed by atoms with E-state index >= 15 is 0 Å². The van der Waals surface area contributed by atoms with E-state index in [1.54, 1.807) is 0 Å². The lowest BCUT2D eigenvalue weighted by Crippen LogP contribution is -2.67. The number of aliphatic hydroxyl groups excluding tert-OH is 14. The zero-order valence-corrected chi connectivity index (χ0v) is 42.9. The van der Waals surface area contributed by atoms with E-state index < -0.39 is 167 Å². The van der Waals surface area contributed by atoms with Gasteiger partial charge in [0.15, 0.2) is 37.2 Å². The van der Waals surface area contributed by atoms with Crippen LogP contribution in [-0.4, -0.2) is 245 Å². The molecule has 14 N–H and O–H groups in total. The predicted molar refractivity (Wildman–Crippen MR) is 249 cm³/mol. The Labute approximate surface area is 434 Å². The van der Waals surface area contributed by atoms with Crippen LogP contribution in [0.4, 0.5) is 0 Å². The van der Waals surface area contributed by atoms with Gasteiger partial charge in [0.25, 0.3) is 0 Å². The van der Waals surface area contributed by atoms with Gasteiger partial charge in [0.2, 0.25) is 0 Å². The van der Waals surface area contributed by atoms with Gasteiger partial charge in [0.1, 0.15) is 97.7 Å². The van der Waals surface area contributed by atoms with Crippen LogP contribution in [0.1, 0.15) is 85.5 Å². The lowest BCUT2D eigenvalue weighted by molar-refractivity contribution is -0.398. The Morgan fingerprint density at radius 2 is 1.04 bits per heavy atom. The van der Waals surface area contributed by atoms with Gasteiger partial charge in [-0.1, -0.05) is 39.3 Å². The number of allylic oxidation sites excluding steroid dienone is 1. The lowest BCUT2D eigenvalue weighted by Gasteiger charge is -2.59. The number of fused-ring (bicyclic) bond motifs is 7. The van der Waals surface area contributed by atoms with Crippen LogP contribution in [0.5, 0.6) is 0 Å². The Kier molecular flexibility index (Phi) is 16.7. The van der Waals surface area contributed by atoms with Gasteiger partial charge in [-0.05, 0) is 85.9 Å². The fourth-order valence-electron chi connectivity index (χ4n) is 15.6. The van der Waals surface area contributed by atoms with E-state index in [4.69, 9.17) is 47.4 Å². The Bertz CT molecular complexity index is 1980. The molecule has 10 rings (SSSR count). The monoisotopic (exact) mass is 1080 g/mol. The fraction of sp³-hybridized carbons (Fsp3) is 0.961. The molecule has 9 fully saturated rings. The number of hydrogen-bond donors (Lipinski definition) is 14. The molecule has 6 aliphatic heterocycles. The third-order valence-corrected chi connectivity index (χ3v) is 20.0. The van der Waals surface area contributed by atoms with Crippen molar-refractivity contribution in [3.63, 3.8) is 0 Å². The molecular formula is C51H82O24. The molecule has 24 heteroatoms. The molecule has 430 valence electrons. The van der Waals surface area contributed by atoms with Crippen LogP contribution in [0.15, 0.2) is 11.6 Å². The van der Waals surface area contributed by atoms with Crippen molar-refractivity contribution in [2.45, 2.75) is 233 Å². The summed E-state index contributed by atoms with van der Waals surface area (Å²) in [4.78, 5) is 0. The molecule has 0 aromatic rings. The third kappa shape index (κ3) is 9.71. The summed E-state index contributed by atoms with van der Waals surface area (Å²) in [5, 5.41) is 148. The molecule has 6 heterocycles. The Hall–Kier alpha value is -1.22. The maximum absolute atomic E-state index is 11.7. The summed E-state index contributed by atoms with van der Waals surface area (Å²) < 4.78 is 62.4. The summed E-state index contributed by atoms with van der Waals surface area (Å²) in [6, 6.07) is 0. The molecule has 32 atom stereocenters. The normalized spacial score (nSPS) is 56.9. The van der Waals surface area contributed by atoms with Gasteiger partial charge in [-0.2, -0.15) is 0 Å². The summed E-state index contributed by atoms with van der Waals surface area (Å²) in [5.41, 5.74) is 0.967. The summed E-state index contributed by atoms with van der Waals surface area (Å²) in [6.45, 7) is 6.04. The van der Waals surface area contributed by atoms with Crippen LogP contribution >= 0.6 is 0 Å². The molecule has 4 aliphatic carbocycles. The van der Waals surface area contributed by atoms with Gasteiger partial charge >= 0.3 is 0 Å². The second kappa shape index (κ2) is 21.9. The molecule has 10 aliphatic rings. The maximum atomic E-state index is 11.7. The van der Waals surface area contributed by atoms with E-state index in [0.717, 1.165) is 32.1 Å². The third-order valence-electron chi connectivity index (χ3n) is 20.0. The molecule has 3 saturated carbocycles. The topological polar surface area (TPSA) is 376 Å². The van der Waals surface area contributed by atoms with E-state index in [9.17, 15) is 71.5 Å². The van der Waals surface area contributed by atoms with Gasteiger partial charge in [-0.3, -0.25) is 0 Å². The first-order chi connectivity index (χ1) is 35.6. The molecule has 1 spiro atoms. The minimum absolute atomic E-state index is 0.00964. The van der Waals surface area contributed by atoms with Crippen LogP contribution in [-0.2, 0) is 47.4 Å². The maximum Gasteiger partial charge on any atom is 0.189 e. The van der Waals surface area contributed by atoms with Gasteiger partial charge in [-0.25, -0.2) is 0 Å². The first-order valence-corrected chi connectivity index (χ1v) is 27.2.